The number of aromatic hydroxyl groups is 1. The fraction of sp³-hybridized carbons (Fsp3) is 0.692. The van der Waals surface area contributed by atoms with Crippen molar-refractivity contribution < 1.29 is 34.7 Å². The number of esters is 1. The molecule has 0 radical (unpaired) electrons. The maximum atomic E-state index is 13.1. The lowest BCUT2D eigenvalue weighted by molar-refractivity contribution is -0.152. The molecule has 2 saturated carbocycles. The highest BCUT2D eigenvalue weighted by molar-refractivity contribution is 8.77. The van der Waals surface area contributed by atoms with Gasteiger partial charge in [-0.2, -0.15) is 0 Å². The molecule has 0 aromatic heterocycles. The van der Waals surface area contributed by atoms with Gasteiger partial charge in [-0.05, 0) is 124 Å². The molecule has 9 N–H and O–H groups in total. The lowest BCUT2D eigenvalue weighted by atomic mass is 9.56. The van der Waals surface area contributed by atoms with E-state index >= 15 is 0 Å². The van der Waals surface area contributed by atoms with Gasteiger partial charge in [0.05, 0.1) is 41.1 Å². The fourth-order valence-corrected chi connectivity index (χ4v) is 16.8. The van der Waals surface area contributed by atoms with E-state index in [1.807, 2.05) is 39.8 Å². The number of piperidine rings is 1. The van der Waals surface area contributed by atoms with E-state index in [1.54, 1.807) is 6.07 Å². The van der Waals surface area contributed by atoms with Crippen LogP contribution in [-0.4, -0.2) is 105 Å². The first-order valence-electron chi connectivity index (χ1n) is 24.7. The first-order chi connectivity index (χ1) is 31.8. The minimum Gasteiger partial charge on any atom is -0.504 e. The number of aliphatic imine (C=N–C) groups is 1. The van der Waals surface area contributed by atoms with Gasteiger partial charge in [-0.15, -0.1) is 0 Å². The zero-order valence-corrected chi connectivity index (χ0v) is 39.9. The van der Waals surface area contributed by atoms with Crippen molar-refractivity contribution in [2.45, 2.75) is 157 Å². The van der Waals surface area contributed by atoms with Crippen LogP contribution in [-0.2, 0) is 22.6 Å². The van der Waals surface area contributed by atoms with Gasteiger partial charge in [0.1, 0.15) is 12.2 Å². The molecule has 15 atom stereocenters. The van der Waals surface area contributed by atoms with Gasteiger partial charge in [0.25, 0.3) is 0 Å². The maximum Gasteiger partial charge on any atom is 0.302 e. The highest BCUT2D eigenvalue weighted by Crippen LogP contribution is 2.60. The molecule has 4 heterocycles. The third-order valence-corrected chi connectivity index (χ3v) is 19.8. The number of allylic oxidation sites excluding steroid dienone is 2. The van der Waals surface area contributed by atoms with Gasteiger partial charge in [-0.3, -0.25) is 4.79 Å². The summed E-state index contributed by atoms with van der Waals surface area (Å²) >= 11 is 0. The minimum absolute atomic E-state index is 0.00791. The number of carbonyl (C=O) groups excluding carboxylic acids is 1. The maximum absolute atomic E-state index is 13.1. The van der Waals surface area contributed by atoms with Crippen molar-refractivity contribution in [1.82, 2.24) is 16.0 Å². The average molecular weight is 940 g/mol. The number of nitrogens with one attached hydrogen (secondary N) is 3. The first kappa shape index (κ1) is 46.4. The fourth-order valence-electron chi connectivity index (χ4n) is 14.1. The van der Waals surface area contributed by atoms with Crippen LogP contribution in [0.1, 0.15) is 108 Å². The van der Waals surface area contributed by atoms with Crippen LogP contribution in [0, 0.1) is 64.1 Å². The zero-order valence-electron chi connectivity index (χ0n) is 38.3. The number of aliphatic hydroxyl groups excluding tert-OH is 3. The number of nitrogens with two attached hydrogens (primary N) is 1. The van der Waals surface area contributed by atoms with Gasteiger partial charge in [-0.1, -0.05) is 76.0 Å². The molecule has 66 heavy (non-hydrogen) atoms. The summed E-state index contributed by atoms with van der Waals surface area (Å²) in [5, 5.41) is 58.2. The Labute approximate surface area is 398 Å². The number of hydrogen-bond acceptors (Lipinski definition) is 14. The van der Waals surface area contributed by atoms with E-state index in [4.69, 9.17) is 20.2 Å². The van der Waals surface area contributed by atoms with E-state index in [9.17, 15) is 25.2 Å². The van der Waals surface area contributed by atoms with Gasteiger partial charge in [0, 0.05) is 61.9 Å². The summed E-state index contributed by atoms with van der Waals surface area (Å²) < 4.78 is 13.0. The third kappa shape index (κ3) is 9.39. The van der Waals surface area contributed by atoms with Crippen LogP contribution in [0.3, 0.4) is 0 Å². The van der Waals surface area contributed by atoms with Crippen LogP contribution in [0.5, 0.6) is 11.5 Å². The predicted octanol–water partition coefficient (Wildman–Crippen LogP) is 5.26. The van der Waals surface area contributed by atoms with Gasteiger partial charge in [0.2, 0.25) is 0 Å². The number of rotatable bonds is 2. The molecule has 4 spiro atoms. The normalized spacial score (nSPS) is 42.9. The van der Waals surface area contributed by atoms with E-state index in [1.165, 1.54) is 32.6 Å². The summed E-state index contributed by atoms with van der Waals surface area (Å²) in [5.41, 5.74) is 6.91. The summed E-state index contributed by atoms with van der Waals surface area (Å²) in [7, 11) is 3.73. The van der Waals surface area contributed by atoms with Crippen molar-refractivity contribution in [2.24, 2.45) is 51.1 Å². The lowest BCUT2D eigenvalue weighted by Crippen LogP contribution is -2.60. The van der Waals surface area contributed by atoms with Crippen LogP contribution in [0.15, 0.2) is 41.4 Å². The molecule has 1 aromatic carbocycles. The van der Waals surface area contributed by atoms with Crippen LogP contribution in [0.2, 0.25) is 0 Å². The molecule has 3 fully saturated rings. The number of phenols is 1. The van der Waals surface area contributed by atoms with Crippen molar-refractivity contribution in [2.75, 3.05) is 25.4 Å². The Morgan fingerprint density at radius 1 is 1.05 bits per heavy atom. The Kier molecular flexibility index (Phi) is 13.3. The number of fused-ring (bicyclic) bond motifs is 5. The second kappa shape index (κ2) is 18.9. The number of hydrogen-bond donors (Lipinski definition) is 8. The average Bonchev–Trinajstić information content (AvgIpc) is 3.69. The molecule has 1 aromatic rings. The van der Waals surface area contributed by atoms with E-state index in [-0.39, 0.29) is 52.5 Å². The number of aliphatic hydroxyl groups is 3. The summed E-state index contributed by atoms with van der Waals surface area (Å²) in [6.45, 7) is 3.20. The topological polar surface area (TPSA) is 191 Å². The second-order valence-electron chi connectivity index (χ2n) is 21.6. The molecule has 12 nitrogen and oxygen atoms in total. The van der Waals surface area contributed by atoms with Crippen molar-refractivity contribution in [3.63, 3.8) is 0 Å². The molecular weight excluding hydrogens is 871 g/mol. The van der Waals surface area contributed by atoms with Crippen LogP contribution < -0.4 is 26.4 Å². The van der Waals surface area contributed by atoms with Crippen molar-refractivity contribution in [1.29, 1.82) is 0 Å². The number of nitrogens with zero attached hydrogens (tertiary/aromatic N) is 1. The molecule has 356 valence electrons. The van der Waals surface area contributed by atoms with Gasteiger partial charge >= 0.3 is 5.97 Å². The SMILES string of the molecule is CC(=O)OC1CC(O)CCC23C#CC4CC5C#CC(CNCC6(C5)CC(CCN6)Oc5cc(c(CO)cc5O)CC41)SSCC1(CC4C=CC5CCCC5(C4)C1)NC(N)=NC2C=CCC3O. The molecule has 1 saturated heterocycles. The van der Waals surface area contributed by atoms with Gasteiger partial charge < -0.3 is 51.6 Å². The molecule has 5 aliphatic carbocycles. The predicted molar refractivity (Wildman–Crippen MR) is 259 cm³/mol. The Balaban J connectivity index is 1.15. The number of carbonyl (C=O) groups is 1. The van der Waals surface area contributed by atoms with Gasteiger partial charge in [0.15, 0.2) is 17.5 Å². The van der Waals surface area contributed by atoms with E-state index in [0.717, 1.165) is 37.1 Å². The van der Waals surface area contributed by atoms with E-state index in [0.29, 0.717) is 87.1 Å². The Morgan fingerprint density at radius 3 is 2.80 bits per heavy atom. The summed E-state index contributed by atoms with van der Waals surface area (Å²) in [6.07, 6.45) is 17.4. The Hall–Kier alpha value is -3.34. The van der Waals surface area contributed by atoms with Crippen LogP contribution in [0.25, 0.3) is 0 Å². The lowest BCUT2D eigenvalue weighted by Gasteiger charge is -2.53. The third-order valence-electron chi connectivity index (χ3n) is 17.0. The number of ether oxygens (including phenoxy) is 2. The molecule has 10 bridgehead atoms. The largest absolute Gasteiger partial charge is 0.504 e. The number of phenolic OH excluding ortho intramolecular Hbond substituents is 1. The number of guanidine groups is 1. The smallest absolute Gasteiger partial charge is 0.302 e. The second-order valence-corrected chi connectivity index (χ2v) is 24.2. The minimum atomic E-state index is -1.08. The molecule has 9 aliphatic rings. The quantitative estimate of drug-likeness (QED) is 0.0831. The van der Waals surface area contributed by atoms with Crippen molar-refractivity contribution in [3.05, 3.63) is 47.6 Å². The van der Waals surface area contributed by atoms with Crippen LogP contribution in [0.4, 0.5) is 0 Å². The standard InChI is InChI=1S/C52H69N5O7S2/c1-32(59)63-44-22-39(60)12-16-52-15-11-35-18-33-8-10-41(27-54-30-50(24-33)26-40(13-17-55-50)64-45-21-36(19-42(35)44)37(28-58)20-43(45)61)66-65-31-51(57-48(53)56-46(52)5-2-6-47(52)62)25-34-7-9-38-4-3-14-49(38,23-34)29-51/h2,5,7,9,20-21,33-35,38-42,44,46-47,54-55,58,60-62H,3-4,6,12-14,16-19,22-31H2,1H3,(H3,53,56,57). The van der Waals surface area contributed by atoms with Crippen LogP contribution >= 0.6 is 21.6 Å². The van der Waals surface area contributed by atoms with E-state index < -0.39 is 47.6 Å². The Morgan fingerprint density at radius 2 is 1.94 bits per heavy atom. The van der Waals surface area contributed by atoms with E-state index in [2.05, 4.69) is 51.8 Å². The van der Waals surface area contributed by atoms with Gasteiger partial charge in [-0.25, -0.2) is 4.99 Å². The monoisotopic (exact) mass is 939 g/mol. The summed E-state index contributed by atoms with van der Waals surface area (Å²) in [5.74, 6) is 16.2. The molecule has 10 rings (SSSR count). The van der Waals surface area contributed by atoms with Crippen molar-refractivity contribution >= 4 is 33.5 Å². The molecular formula is C52H69N5O7S2. The zero-order chi connectivity index (χ0) is 45.7. The summed E-state index contributed by atoms with van der Waals surface area (Å²) in [6, 6.07) is 2.82. The molecule has 15 unspecified atom stereocenters. The highest BCUT2D eigenvalue weighted by atomic mass is 33.1. The molecule has 4 aliphatic heterocycles. The highest BCUT2D eigenvalue weighted by Gasteiger charge is 2.55. The molecule has 0 amide bonds. The number of benzene rings is 1. The summed E-state index contributed by atoms with van der Waals surface area (Å²) in [4.78, 5) is 18.4. The first-order valence-corrected chi connectivity index (χ1v) is 27.1. The Bertz CT molecular complexity index is 2240. The van der Waals surface area contributed by atoms with Crippen molar-refractivity contribution in [3.8, 4) is 35.2 Å². The molecule has 14 heteroatoms.